The smallest absolute Gasteiger partial charge is 0.272 e. The van der Waals surface area contributed by atoms with E-state index in [4.69, 9.17) is 4.74 Å². The minimum atomic E-state index is -0.442. The van der Waals surface area contributed by atoms with Gasteiger partial charge < -0.3 is 14.6 Å². The maximum absolute atomic E-state index is 12.3. The number of nitrogens with zero attached hydrogens (tertiary/aromatic N) is 1. The van der Waals surface area contributed by atoms with Gasteiger partial charge in [0.25, 0.3) is 5.91 Å². The fourth-order valence-corrected chi connectivity index (χ4v) is 2.00. The molecule has 114 valence electrons. The summed E-state index contributed by atoms with van der Waals surface area (Å²) >= 11 is 0. The van der Waals surface area contributed by atoms with Gasteiger partial charge in [0.1, 0.15) is 5.69 Å². The van der Waals surface area contributed by atoms with E-state index >= 15 is 0 Å². The Morgan fingerprint density at radius 2 is 1.95 bits per heavy atom. The number of aromatic nitrogens is 1. The first-order valence-corrected chi connectivity index (χ1v) is 6.59. The zero-order valence-corrected chi connectivity index (χ0v) is 12.5. The predicted molar refractivity (Wildman–Crippen MR) is 82.6 cm³/mol. The van der Waals surface area contributed by atoms with Gasteiger partial charge in [-0.25, -0.2) is 0 Å². The van der Waals surface area contributed by atoms with Crippen LogP contribution in [0.1, 0.15) is 27.8 Å². The van der Waals surface area contributed by atoms with Crippen LogP contribution in [0.25, 0.3) is 0 Å². The Morgan fingerprint density at radius 3 is 2.59 bits per heavy atom. The highest BCUT2D eigenvalue weighted by Gasteiger charge is 2.13. The summed E-state index contributed by atoms with van der Waals surface area (Å²) < 4.78 is 6.42. The van der Waals surface area contributed by atoms with Crippen molar-refractivity contribution >= 4 is 17.4 Å². The summed E-state index contributed by atoms with van der Waals surface area (Å²) in [7, 11) is 3.03. The first kappa shape index (κ1) is 15.5. The number of hydrogen-bond acceptors (Lipinski definition) is 4. The standard InChI is InChI=1S/C16H16N2O4/c1-10(19)11-5-4-6-12(7-11)17-16(21)13-8-14(20)15(22-3)9-18(13)2/h4-9H,1-3H3,(H,17,21). The molecule has 1 aromatic carbocycles. The molecule has 0 spiro atoms. The van der Waals surface area contributed by atoms with Gasteiger partial charge in [0.05, 0.1) is 13.3 Å². The van der Waals surface area contributed by atoms with Crippen molar-refractivity contribution in [3.05, 3.63) is 58.0 Å². The number of hydrogen-bond donors (Lipinski definition) is 1. The number of ether oxygens (including phenoxy) is 1. The highest BCUT2D eigenvalue weighted by atomic mass is 16.5. The fourth-order valence-electron chi connectivity index (χ4n) is 2.00. The Labute approximate surface area is 127 Å². The van der Waals surface area contributed by atoms with Gasteiger partial charge in [0.2, 0.25) is 5.43 Å². The van der Waals surface area contributed by atoms with Crippen LogP contribution in [0.4, 0.5) is 5.69 Å². The van der Waals surface area contributed by atoms with Crippen LogP contribution in [0.5, 0.6) is 5.75 Å². The maximum Gasteiger partial charge on any atom is 0.272 e. The third-order valence-electron chi connectivity index (χ3n) is 3.18. The number of pyridine rings is 1. The van der Waals surface area contributed by atoms with Crippen LogP contribution in [-0.4, -0.2) is 23.4 Å². The number of carbonyl (C=O) groups excluding carboxylic acids is 2. The summed E-state index contributed by atoms with van der Waals surface area (Å²) in [6.45, 7) is 1.45. The fraction of sp³-hybridized carbons (Fsp3) is 0.188. The lowest BCUT2D eigenvalue weighted by molar-refractivity contribution is 0.100. The predicted octanol–water partition coefficient (Wildman–Crippen LogP) is 1.85. The SMILES string of the molecule is COc1cn(C)c(C(=O)Nc2cccc(C(C)=O)c2)cc1=O. The van der Waals surface area contributed by atoms with E-state index in [1.807, 2.05) is 0 Å². The molecule has 1 N–H and O–H groups in total. The van der Waals surface area contributed by atoms with Crippen molar-refractivity contribution in [2.24, 2.45) is 7.05 Å². The lowest BCUT2D eigenvalue weighted by Crippen LogP contribution is -2.21. The molecular weight excluding hydrogens is 284 g/mol. The Bertz CT molecular complexity index is 793. The van der Waals surface area contributed by atoms with Crippen LogP contribution in [0.15, 0.2) is 41.3 Å². The van der Waals surface area contributed by atoms with Crippen LogP contribution in [0, 0.1) is 0 Å². The van der Waals surface area contributed by atoms with Crippen LogP contribution >= 0.6 is 0 Å². The van der Waals surface area contributed by atoms with E-state index in [1.165, 1.54) is 30.9 Å². The topological polar surface area (TPSA) is 77.4 Å². The molecule has 2 aromatic rings. The number of rotatable bonds is 4. The number of benzene rings is 1. The first-order valence-electron chi connectivity index (χ1n) is 6.59. The molecule has 0 saturated heterocycles. The molecule has 1 aromatic heterocycles. The zero-order valence-electron chi connectivity index (χ0n) is 12.5. The molecule has 0 aliphatic heterocycles. The minimum absolute atomic E-state index is 0.0899. The van der Waals surface area contributed by atoms with Crippen LogP contribution < -0.4 is 15.5 Å². The van der Waals surface area contributed by atoms with Crippen molar-refractivity contribution in [1.82, 2.24) is 4.57 Å². The van der Waals surface area contributed by atoms with Gasteiger partial charge in [-0.15, -0.1) is 0 Å². The van der Waals surface area contributed by atoms with Gasteiger partial charge in [-0.3, -0.25) is 14.4 Å². The number of Topliss-reactive ketones (excluding diaryl/α,β-unsaturated/α-hetero) is 1. The number of ketones is 1. The van der Waals surface area contributed by atoms with E-state index in [-0.39, 0.29) is 22.7 Å². The summed E-state index contributed by atoms with van der Waals surface area (Å²) in [5.41, 5.74) is 0.810. The lowest BCUT2D eigenvalue weighted by atomic mass is 10.1. The molecule has 0 bridgehead atoms. The third-order valence-corrected chi connectivity index (χ3v) is 3.18. The monoisotopic (exact) mass is 300 g/mol. The average Bonchev–Trinajstić information content (AvgIpc) is 2.49. The van der Waals surface area contributed by atoms with E-state index in [1.54, 1.807) is 31.3 Å². The highest BCUT2D eigenvalue weighted by Crippen LogP contribution is 2.13. The normalized spacial score (nSPS) is 10.1. The molecular formula is C16H16N2O4. The van der Waals surface area contributed by atoms with Gasteiger partial charge >= 0.3 is 0 Å². The largest absolute Gasteiger partial charge is 0.491 e. The Hall–Kier alpha value is -2.89. The van der Waals surface area contributed by atoms with Crippen molar-refractivity contribution in [3.63, 3.8) is 0 Å². The zero-order chi connectivity index (χ0) is 16.3. The molecule has 6 heteroatoms. The molecule has 2 rings (SSSR count). The molecule has 0 radical (unpaired) electrons. The number of anilines is 1. The Morgan fingerprint density at radius 1 is 1.23 bits per heavy atom. The molecule has 0 fully saturated rings. The number of amides is 1. The van der Waals surface area contributed by atoms with Crippen molar-refractivity contribution in [3.8, 4) is 5.75 Å². The van der Waals surface area contributed by atoms with Crippen molar-refractivity contribution in [1.29, 1.82) is 0 Å². The quantitative estimate of drug-likeness (QED) is 0.874. The second-order valence-corrected chi connectivity index (χ2v) is 4.79. The second kappa shape index (κ2) is 6.26. The number of carbonyl (C=O) groups is 2. The number of aryl methyl sites for hydroxylation is 1. The summed E-state index contributed by atoms with van der Waals surface area (Å²) in [5.74, 6) is -0.367. The molecule has 0 aliphatic rings. The van der Waals surface area contributed by atoms with Gasteiger partial charge in [0.15, 0.2) is 11.5 Å². The van der Waals surface area contributed by atoms with Gasteiger partial charge in [0, 0.05) is 24.4 Å². The average molecular weight is 300 g/mol. The lowest BCUT2D eigenvalue weighted by Gasteiger charge is -2.11. The van der Waals surface area contributed by atoms with Crippen LogP contribution in [0.2, 0.25) is 0 Å². The summed E-state index contributed by atoms with van der Waals surface area (Å²) in [6, 6.07) is 7.82. The van der Waals surface area contributed by atoms with Gasteiger partial charge in [-0.2, -0.15) is 0 Å². The number of nitrogens with one attached hydrogen (secondary N) is 1. The van der Waals surface area contributed by atoms with E-state index in [2.05, 4.69) is 5.32 Å². The Balaban J connectivity index is 2.30. The molecule has 1 heterocycles. The van der Waals surface area contributed by atoms with Crippen molar-refractivity contribution in [2.45, 2.75) is 6.92 Å². The van der Waals surface area contributed by atoms with Gasteiger partial charge in [-0.05, 0) is 19.1 Å². The molecule has 6 nitrogen and oxygen atoms in total. The van der Waals surface area contributed by atoms with Crippen molar-refractivity contribution in [2.75, 3.05) is 12.4 Å². The number of methoxy groups -OCH3 is 1. The third kappa shape index (κ3) is 3.22. The second-order valence-electron chi connectivity index (χ2n) is 4.79. The van der Waals surface area contributed by atoms with Crippen LogP contribution in [-0.2, 0) is 7.05 Å². The highest BCUT2D eigenvalue weighted by molar-refractivity contribution is 6.04. The Kier molecular flexibility index (Phi) is 4.41. The van der Waals surface area contributed by atoms with Gasteiger partial charge in [-0.1, -0.05) is 12.1 Å². The summed E-state index contributed by atoms with van der Waals surface area (Å²) in [4.78, 5) is 35.4. The van der Waals surface area contributed by atoms with Crippen LogP contribution in [0.3, 0.4) is 0 Å². The minimum Gasteiger partial charge on any atom is -0.491 e. The summed E-state index contributed by atoms with van der Waals surface area (Å²) in [5, 5.41) is 2.67. The molecule has 1 amide bonds. The molecule has 0 atom stereocenters. The van der Waals surface area contributed by atoms with E-state index in [0.29, 0.717) is 11.3 Å². The first-order chi connectivity index (χ1) is 10.4. The molecule has 0 saturated carbocycles. The van der Waals surface area contributed by atoms with E-state index in [0.717, 1.165) is 0 Å². The van der Waals surface area contributed by atoms with E-state index in [9.17, 15) is 14.4 Å². The maximum atomic E-state index is 12.3. The van der Waals surface area contributed by atoms with E-state index < -0.39 is 5.91 Å². The molecule has 0 aliphatic carbocycles. The molecule has 0 unspecified atom stereocenters. The molecule has 22 heavy (non-hydrogen) atoms. The van der Waals surface area contributed by atoms with Crippen molar-refractivity contribution < 1.29 is 14.3 Å². The summed E-state index contributed by atoms with van der Waals surface area (Å²) in [6.07, 6.45) is 1.45.